The number of hydrogen-bond acceptors (Lipinski definition) is 8. The first-order valence-corrected chi connectivity index (χ1v) is 9.19. The van der Waals surface area contributed by atoms with Crippen molar-refractivity contribution in [1.29, 1.82) is 0 Å². The van der Waals surface area contributed by atoms with Gasteiger partial charge in [0.25, 0.3) is 0 Å². The SMILES string of the molecule is C[C@H](Cc1ccccc1)Nc1ncnc2c1ncn2[C@H]1O[C@@H](CO)[C@@H](O)[C@H]1O. The number of aromatic nitrogens is 4. The molecule has 4 rings (SSSR count). The van der Waals surface area contributed by atoms with Gasteiger partial charge in [-0.3, -0.25) is 4.57 Å². The van der Waals surface area contributed by atoms with E-state index in [1.807, 2.05) is 18.2 Å². The van der Waals surface area contributed by atoms with Crippen LogP contribution in [0.5, 0.6) is 0 Å². The van der Waals surface area contributed by atoms with Gasteiger partial charge in [-0.1, -0.05) is 30.3 Å². The fraction of sp³-hybridized carbons (Fsp3) is 0.421. The van der Waals surface area contributed by atoms with Crippen LogP contribution in [0.3, 0.4) is 0 Å². The highest BCUT2D eigenvalue weighted by Gasteiger charge is 2.44. The van der Waals surface area contributed by atoms with Crippen LogP contribution < -0.4 is 5.32 Å². The van der Waals surface area contributed by atoms with Gasteiger partial charge in [-0.05, 0) is 18.9 Å². The van der Waals surface area contributed by atoms with E-state index in [2.05, 4.69) is 39.3 Å². The molecule has 3 aromatic rings. The van der Waals surface area contributed by atoms with Crippen molar-refractivity contribution < 1.29 is 20.1 Å². The number of nitrogens with zero attached hydrogens (tertiary/aromatic N) is 4. The molecule has 1 aromatic carbocycles. The van der Waals surface area contributed by atoms with Gasteiger partial charge in [0.2, 0.25) is 0 Å². The molecule has 0 bridgehead atoms. The summed E-state index contributed by atoms with van der Waals surface area (Å²) in [6.45, 7) is 1.67. The van der Waals surface area contributed by atoms with Gasteiger partial charge < -0.3 is 25.4 Å². The third-order valence-corrected chi connectivity index (χ3v) is 4.92. The Morgan fingerprint density at radius 1 is 1.14 bits per heavy atom. The predicted octanol–water partition coefficient (Wildman–Crippen LogP) is 0.481. The van der Waals surface area contributed by atoms with E-state index in [1.165, 1.54) is 18.2 Å². The Bertz CT molecular complexity index is 934. The largest absolute Gasteiger partial charge is 0.394 e. The molecule has 5 atom stereocenters. The van der Waals surface area contributed by atoms with Gasteiger partial charge in [0.1, 0.15) is 24.6 Å². The summed E-state index contributed by atoms with van der Waals surface area (Å²) in [6, 6.07) is 10.3. The van der Waals surface area contributed by atoms with E-state index in [0.717, 1.165) is 6.42 Å². The molecule has 1 aliphatic heterocycles. The van der Waals surface area contributed by atoms with Crippen LogP contribution in [0.1, 0.15) is 18.7 Å². The normalized spacial score (nSPS) is 25.9. The predicted molar refractivity (Wildman–Crippen MR) is 102 cm³/mol. The number of nitrogens with one attached hydrogen (secondary N) is 1. The van der Waals surface area contributed by atoms with Crippen molar-refractivity contribution >= 4 is 17.0 Å². The molecule has 9 nitrogen and oxygen atoms in total. The van der Waals surface area contributed by atoms with Crippen molar-refractivity contribution in [2.24, 2.45) is 0 Å². The number of fused-ring (bicyclic) bond motifs is 1. The van der Waals surface area contributed by atoms with Crippen LogP contribution in [0.25, 0.3) is 11.2 Å². The molecule has 4 N–H and O–H groups in total. The third kappa shape index (κ3) is 3.45. The van der Waals surface area contributed by atoms with E-state index in [0.29, 0.717) is 17.0 Å². The molecular formula is C19H23N5O4. The Labute approximate surface area is 161 Å². The molecule has 1 fully saturated rings. The van der Waals surface area contributed by atoms with E-state index in [4.69, 9.17) is 4.74 Å². The summed E-state index contributed by atoms with van der Waals surface area (Å²) in [4.78, 5) is 12.9. The summed E-state index contributed by atoms with van der Waals surface area (Å²) in [7, 11) is 0. The third-order valence-electron chi connectivity index (χ3n) is 4.92. The Morgan fingerprint density at radius 3 is 2.64 bits per heavy atom. The number of rotatable bonds is 6. The molecule has 0 spiro atoms. The summed E-state index contributed by atoms with van der Waals surface area (Å²) in [6.07, 6.45) is -0.395. The Kier molecular flexibility index (Phi) is 5.23. The molecule has 2 aromatic heterocycles. The molecular weight excluding hydrogens is 362 g/mol. The van der Waals surface area contributed by atoms with Crippen LogP contribution in [0, 0.1) is 0 Å². The number of hydrogen-bond donors (Lipinski definition) is 4. The molecule has 1 saturated heterocycles. The summed E-state index contributed by atoms with van der Waals surface area (Å²) >= 11 is 0. The second kappa shape index (κ2) is 7.80. The lowest BCUT2D eigenvalue weighted by atomic mass is 10.1. The lowest BCUT2D eigenvalue weighted by Crippen LogP contribution is -2.33. The zero-order valence-electron chi connectivity index (χ0n) is 15.4. The summed E-state index contributed by atoms with van der Waals surface area (Å²) in [5, 5.41) is 32.9. The van der Waals surface area contributed by atoms with Crippen LogP contribution in [0.4, 0.5) is 5.82 Å². The molecule has 0 saturated carbocycles. The van der Waals surface area contributed by atoms with Crippen molar-refractivity contribution in [3.05, 3.63) is 48.5 Å². The highest BCUT2D eigenvalue weighted by Crippen LogP contribution is 2.32. The van der Waals surface area contributed by atoms with Gasteiger partial charge in [0, 0.05) is 6.04 Å². The average molecular weight is 385 g/mol. The average Bonchev–Trinajstić information content (AvgIpc) is 3.25. The molecule has 0 amide bonds. The lowest BCUT2D eigenvalue weighted by molar-refractivity contribution is -0.0511. The van der Waals surface area contributed by atoms with Gasteiger partial charge in [-0.25, -0.2) is 15.0 Å². The molecule has 0 radical (unpaired) electrons. The highest BCUT2D eigenvalue weighted by atomic mass is 16.6. The summed E-state index contributed by atoms with van der Waals surface area (Å²) in [5.74, 6) is 0.582. The zero-order valence-corrected chi connectivity index (χ0v) is 15.4. The van der Waals surface area contributed by atoms with E-state index in [1.54, 1.807) is 4.57 Å². The van der Waals surface area contributed by atoms with Gasteiger partial charge >= 0.3 is 0 Å². The molecule has 28 heavy (non-hydrogen) atoms. The Balaban J connectivity index is 1.57. The molecule has 9 heteroatoms. The van der Waals surface area contributed by atoms with E-state index >= 15 is 0 Å². The maximum atomic E-state index is 10.3. The second-order valence-corrected chi connectivity index (χ2v) is 7.01. The second-order valence-electron chi connectivity index (χ2n) is 7.01. The fourth-order valence-corrected chi connectivity index (χ4v) is 3.51. The van der Waals surface area contributed by atoms with Crippen LogP contribution in [-0.4, -0.2) is 65.8 Å². The maximum absolute atomic E-state index is 10.3. The number of aliphatic hydroxyl groups excluding tert-OH is 3. The molecule has 148 valence electrons. The van der Waals surface area contributed by atoms with Crippen LogP contribution in [0.15, 0.2) is 43.0 Å². The minimum Gasteiger partial charge on any atom is -0.394 e. The van der Waals surface area contributed by atoms with Crippen molar-refractivity contribution in [1.82, 2.24) is 19.5 Å². The molecule has 0 aliphatic carbocycles. The van der Waals surface area contributed by atoms with Crippen molar-refractivity contribution in [2.45, 2.75) is 43.9 Å². The van der Waals surface area contributed by atoms with Gasteiger partial charge in [0.15, 0.2) is 23.2 Å². The summed E-state index contributed by atoms with van der Waals surface area (Å²) < 4.78 is 7.13. The van der Waals surface area contributed by atoms with Crippen molar-refractivity contribution in [3.8, 4) is 0 Å². The Morgan fingerprint density at radius 2 is 1.93 bits per heavy atom. The smallest absolute Gasteiger partial charge is 0.167 e. The highest BCUT2D eigenvalue weighted by molar-refractivity contribution is 5.82. The van der Waals surface area contributed by atoms with Crippen molar-refractivity contribution in [3.63, 3.8) is 0 Å². The minimum atomic E-state index is -1.20. The number of benzene rings is 1. The van der Waals surface area contributed by atoms with Crippen molar-refractivity contribution in [2.75, 3.05) is 11.9 Å². The molecule has 3 heterocycles. The first-order valence-electron chi connectivity index (χ1n) is 9.19. The van der Waals surface area contributed by atoms with Gasteiger partial charge in [-0.15, -0.1) is 0 Å². The fourth-order valence-electron chi connectivity index (χ4n) is 3.51. The molecule has 1 aliphatic rings. The Hall–Kier alpha value is -2.59. The topological polar surface area (TPSA) is 126 Å². The summed E-state index contributed by atoms with van der Waals surface area (Å²) in [5.41, 5.74) is 2.23. The first kappa shape index (κ1) is 18.8. The van der Waals surface area contributed by atoms with E-state index < -0.39 is 24.5 Å². The van der Waals surface area contributed by atoms with Crippen LogP contribution >= 0.6 is 0 Å². The van der Waals surface area contributed by atoms with E-state index in [-0.39, 0.29) is 12.6 Å². The standard InChI is InChI=1S/C19H23N5O4/c1-11(7-12-5-3-2-4-6-12)23-17-14-18(21-9-20-17)24(10-22-14)19-16(27)15(26)13(8-25)28-19/h2-6,9-11,13,15-16,19,25-27H,7-8H2,1H3,(H,20,21,23)/t11-,13+,15-,16-,19+/m1/s1. The monoisotopic (exact) mass is 385 g/mol. The van der Waals surface area contributed by atoms with Crippen LogP contribution in [0.2, 0.25) is 0 Å². The number of anilines is 1. The first-order chi connectivity index (χ1) is 13.6. The van der Waals surface area contributed by atoms with Gasteiger partial charge in [0.05, 0.1) is 12.9 Å². The lowest BCUT2D eigenvalue weighted by Gasteiger charge is -2.17. The quantitative estimate of drug-likeness (QED) is 0.483. The maximum Gasteiger partial charge on any atom is 0.167 e. The minimum absolute atomic E-state index is 0.111. The van der Waals surface area contributed by atoms with Gasteiger partial charge in [-0.2, -0.15) is 0 Å². The van der Waals surface area contributed by atoms with Crippen LogP contribution in [-0.2, 0) is 11.2 Å². The number of imidazole rings is 1. The van der Waals surface area contributed by atoms with E-state index in [9.17, 15) is 15.3 Å². The number of aliphatic hydroxyl groups is 3. The molecule has 0 unspecified atom stereocenters. The number of ether oxygens (including phenoxy) is 1. The zero-order chi connectivity index (χ0) is 19.7.